The van der Waals surface area contributed by atoms with E-state index in [0.29, 0.717) is 28.3 Å². The fourth-order valence-corrected chi connectivity index (χ4v) is 2.21. The van der Waals surface area contributed by atoms with Crippen LogP contribution >= 0.6 is 12.6 Å². The fourth-order valence-electron chi connectivity index (χ4n) is 2.08. The zero-order valence-corrected chi connectivity index (χ0v) is 13.1. The monoisotopic (exact) mass is 330 g/mol. The number of anilines is 2. The largest absolute Gasteiger partial charge is 0.383 e. The Morgan fingerprint density at radius 2 is 2.30 bits per heavy atom. The Kier molecular flexibility index (Phi) is 3.74. The predicted molar refractivity (Wildman–Crippen MR) is 90.2 cm³/mol. The van der Waals surface area contributed by atoms with Crippen molar-refractivity contribution in [2.45, 2.75) is 6.92 Å². The molecule has 3 rings (SSSR count). The van der Waals surface area contributed by atoms with E-state index in [1.54, 1.807) is 6.07 Å². The van der Waals surface area contributed by atoms with Crippen molar-refractivity contribution in [1.82, 2.24) is 29.9 Å². The smallest absolute Gasteiger partial charge is 0.278 e. The molecule has 10 heteroatoms. The lowest BCUT2D eigenvalue weighted by Gasteiger charge is -2.02. The topological polar surface area (TPSA) is 127 Å². The Hall–Kier alpha value is -2.88. The molecule has 0 saturated heterocycles. The van der Waals surface area contributed by atoms with Crippen molar-refractivity contribution in [3.05, 3.63) is 30.4 Å². The second-order valence-electron chi connectivity index (χ2n) is 4.83. The Bertz CT molecular complexity index is 912. The van der Waals surface area contributed by atoms with E-state index in [9.17, 15) is 4.79 Å². The Balaban J connectivity index is 2.09. The third-order valence-corrected chi connectivity index (χ3v) is 3.50. The summed E-state index contributed by atoms with van der Waals surface area (Å²) in [6, 6.07) is 1.70. The Morgan fingerprint density at radius 1 is 1.52 bits per heavy atom. The van der Waals surface area contributed by atoms with Gasteiger partial charge in [0.15, 0.2) is 17.2 Å². The van der Waals surface area contributed by atoms with Gasteiger partial charge in [-0.2, -0.15) is 22.8 Å². The number of nitrogens with two attached hydrogens (primary N) is 1. The molecule has 0 fully saturated rings. The minimum absolute atomic E-state index is 0.0988. The molecule has 0 atom stereocenters. The highest BCUT2D eigenvalue weighted by Gasteiger charge is 2.22. The summed E-state index contributed by atoms with van der Waals surface area (Å²) < 4.78 is 1.44. The third-order valence-electron chi connectivity index (χ3n) is 3.14. The summed E-state index contributed by atoms with van der Waals surface area (Å²) in [4.78, 5) is 20.6. The Labute approximate surface area is 136 Å². The van der Waals surface area contributed by atoms with E-state index in [1.165, 1.54) is 11.0 Å². The van der Waals surface area contributed by atoms with E-state index < -0.39 is 5.91 Å². The SMILES string of the molecule is C=C(CS)n1nc(C(=O)Nc2cc(C)[nH]n2)c2c(N)ncnc21. The number of fused-ring (bicyclic) bond motifs is 1. The number of carbonyl (C=O) groups excluding carboxylic acids is 1. The molecule has 0 aliphatic heterocycles. The first-order chi connectivity index (χ1) is 11.0. The van der Waals surface area contributed by atoms with Crippen LogP contribution in [0, 0.1) is 6.92 Å². The van der Waals surface area contributed by atoms with Crippen LogP contribution in [0.25, 0.3) is 16.7 Å². The number of carbonyl (C=O) groups is 1. The molecule has 3 aromatic heterocycles. The quantitative estimate of drug-likeness (QED) is 0.530. The fraction of sp³-hybridized carbons (Fsp3) is 0.154. The normalized spacial score (nSPS) is 10.9. The summed E-state index contributed by atoms with van der Waals surface area (Å²) >= 11 is 4.17. The molecule has 3 aromatic rings. The van der Waals surface area contributed by atoms with Crippen LogP contribution in [0.15, 0.2) is 19.0 Å². The van der Waals surface area contributed by atoms with Gasteiger partial charge in [-0.1, -0.05) is 6.58 Å². The van der Waals surface area contributed by atoms with Gasteiger partial charge in [0.25, 0.3) is 5.91 Å². The van der Waals surface area contributed by atoms with Crippen LogP contribution in [0.1, 0.15) is 16.2 Å². The zero-order valence-electron chi connectivity index (χ0n) is 12.2. The number of H-pyrrole nitrogens is 1. The summed E-state index contributed by atoms with van der Waals surface area (Å²) in [5.41, 5.74) is 7.78. The Morgan fingerprint density at radius 3 is 2.96 bits per heavy atom. The van der Waals surface area contributed by atoms with Crippen molar-refractivity contribution in [2.24, 2.45) is 0 Å². The highest BCUT2D eigenvalue weighted by Crippen LogP contribution is 2.24. The molecule has 0 saturated carbocycles. The maximum atomic E-state index is 12.5. The lowest BCUT2D eigenvalue weighted by atomic mass is 10.2. The molecule has 0 radical (unpaired) electrons. The number of hydrogen-bond acceptors (Lipinski definition) is 7. The molecule has 0 spiro atoms. The highest BCUT2D eigenvalue weighted by molar-refractivity contribution is 7.80. The summed E-state index contributed by atoms with van der Waals surface area (Å²) in [6.07, 6.45) is 1.31. The van der Waals surface area contributed by atoms with E-state index in [-0.39, 0.29) is 11.5 Å². The van der Waals surface area contributed by atoms with Gasteiger partial charge in [0.05, 0.1) is 5.39 Å². The first kappa shape index (κ1) is 15.0. The number of amides is 1. The molecule has 0 aliphatic carbocycles. The molecule has 3 heterocycles. The average molecular weight is 330 g/mol. The molecular weight excluding hydrogens is 316 g/mol. The summed E-state index contributed by atoms with van der Waals surface area (Å²) in [7, 11) is 0. The number of nitrogen functional groups attached to an aromatic ring is 1. The number of aromatic nitrogens is 6. The van der Waals surface area contributed by atoms with Crippen molar-refractivity contribution >= 4 is 46.9 Å². The first-order valence-electron chi connectivity index (χ1n) is 6.63. The van der Waals surface area contributed by atoms with Crippen molar-refractivity contribution in [3.8, 4) is 0 Å². The van der Waals surface area contributed by atoms with Crippen molar-refractivity contribution < 1.29 is 4.79 Å². The minimum Gasteiger partial charge on any atom is -0.383 e. The van der Waals surface area contributed by atoms with Gasteiger partial charge in [-0.3, -0.25) is 9.89 Å². The standard InChI is InChI=1S/C13H14N8OS/c1-6-3-8(19-18-6)17-13(22)10-9-11(14)15-5-16-12(9)21(20-10)7(2)4-23/h3,5,23H,2,4H2,1H3,(H2,14,15,16)(H2,17,18,19,22). The second-order valence-corrected chi connectivity index (χ2v) is 5.15. The minimum atomic E-state index is -0.464. The van der Waals surface area contributed by atoms with Crippen LogP contribution in [0.2, 0.25) is 0 Å². The van der Waals surface area contributed by atoms with Gasteiger partial charge in [-0.25, -0.2) is 14.6 Å². The summed E-state index contributed by atoms with van der Waals surface area (Å²) in [5.74, 6) is 0.434. The van der Waals surface area contributed by atoms with Crippen LogP contribution in [-0.2, 0) is 0 Å². The van der Waals surface area contributed by atoms with E-state index in [4.69, 9.17) is 5.73 Å². The van der Waals surface area contributed by atoms with Gasteiger partial charge in [0.2, 0.25) is 0 Å². The second kappa shape index (κ2) is 5.72. The molecular formula is C13H14N8OS. The molecule has 23 heavy (non-hydrogen) atoms. The van der Waals surface area contributed by atoms with Crippen LogP contribution in [-0.4, -0.2) is 41.6 Å². The van der Waals surface area contributed by atoms with Crippen LogP contribution in [0.5, 0.6) is 0 Å². The molecule has 0 unspecified atom stereocenters. The van der Waals surface area contributed by atoms with Gasteiger partial charge in [-0.15, -0.1) is 0 Å². The van der Waals surface area contributed by atoms with Gasteiger partial charge >= 0.3 is 0 Å². The van der Waals surface area contributed by atoms with E-state index in [2.05, 4.69) is 49.8 Å². The zero-order chi connectivity index (χ0) is 16.6. The molecule has 1 amide bonds. The number of thiol groups is 1. The molecule has 4 N–H and O–H groups in total. The van der Waals surface area contributed by atoms with Gasteiger partial charge in [0, 0.05) is 23.2 Å². The number of hydrogen-bond donors (Lipinski definition) is 4. The van der Waals surface area contributed by atoms with Gasteiger partial charge < -0.3 is 11.1 Å². The molecule has 0 aromatic carbocycles. The number of aromatic amines is 1. The predicted octanol–water partition coefficient (Wildman–Crippen LogP) is 1.09. The number of nitrogens with zero attached hydrogens (tertiary/aromatic N) is 5. The lowest BCUT2D eigenvalue weighted by molar-refractivity contribution is 0.102. The number of rotatable bonds is 4. The maximum Gasteiger partial charge on any atom is 0.278 e. The van der Waals surface area contributed by atoms with Crippen molar-refractivity contribution in [3.63, 3.8) is 0 Å². The third kappa shape index (κ3) is 2.63. The molecule has 118 valence electrons. The van der Waals surface area contributed by atoms with E-state index >= 15 is 0 Å². The van der Waals surface area contributed by atoms with Crippen LogP contribution < -0.4 is 11.1 Å². The molecule has 9 nitrogen and oxygen atoms in total. The lowest BCUT2D eigenvalue weighted by Crippen LogP contribution is -2.14. The molecule has 0 aliphatic rings. The maximum absolute atomic E-state index is 12.5. The molecule has 0 bridgehead atoms. The number of aryl methyl sites for hydroxylation is 1. The average Bonchev–Trinajstić information content (AvgIpc) is 3.11. The summed E-state index contributed by atoms with van der Waals surface area (Å²) in [5, 5.41) is 14.0. The number of nitrogens with one attached hydrogen (secondary N) is 2. The van der Waals surface area contributed by atoms with Crippen LogP contribution in [0.3, 0.4) is 0 Å². The van der Waals surface area contributed by atoms with Crippen molar-refractivity contribution in [1.29, 1.82) is 0 Å². The highest BCUT2D eigenvalue weighted by atomic mass is 32.1. The van der Waals surface area contributed by atoms with Gasteiger partial charge in [-0.05, 0) is 6.92 Å². The first-order valence-corrected chi connectivity index (χ1v) is 7.26. The van der Waals surface area contributed by atoms with E-state index in [0.717, 1.165) is 5.69 Å². The van der Waals surface area contributed by atoms with Gasteiger partial charge in [0.1, 0.15) is 12.1 Å². The van der Waals surface area contributed by atoms with Crippen LogP contribution in [0.4, 0.5) is 11.6 Å². The van der Waals surface area contributed by atoms with Crippen molar-refractivity contribution in [2.75, 3.05) is 16.8 Å². The van der Waals surface area contributed by atoms with E-state index in [1.807, 2.05) is 6.92 Å². The summed E-state index contributed by atoms with van der Waals surface area (Å²) in [6.45, 7) is 5.69.